The second kappa shape index (κ2) is 4.20. The van der Waals surface area contributed by atoms with Gasteiger partial charge in [-0.1, -0.05) is 18.2 Å². The van der Waals surface area contributed by atoms with Crippen molar-refractivity contribution in [2.45, 2.75) is 30.7 Å². The molecule has 1 N–H and O–H groups in total. The smallest absolute Gasteiger partial charge is 0.139 e. The molecule has 3 fully saturated rings. The van der Waals surface area contributed by atoms with E-state index in [4.69, 9.17) is 4.74 Å². The molecule has 0 radical (unpaired) electrons. The summed E-state index contributed by atoms with van der Waals surface area (Å²) in [6.07, 6.45) is 3.06. The maximum atomic E-state index is 5.89. The molecule has 1 spiro atoms. The average Bonchev–Trinajstić information content (AvgIpc) is 3.24. The Morgan fingerprint density at radius 2 is 1.95 bits per heavy atom. The fourth-order valence-corrected chi connectivity index (χ4v) is 3.68. The molecule has 102 valence electrons. The Labute approximate surface area is 114 Å². The summed E-state index contributed by atoms with van der Waals surface area (Å²) in [6, 6.07) is 10.8. The van der Waals surface area contributed by atoms with Gasteiger partial charge in [-0.05, 0) is 32.0 Å². The second-order valence-corrected chi connectivity index (χ2v) is 6.01. The minimum atomic E-state index is 0.198. The molecule has 4 nitrogen and oxygen atoms in total. The summed E-state index contributed by atoms with van der Waals surface area (Å²) in [4.78, 5) is 4.96. The van der Waals surface area contributed by atoms with Gasteiger partial charge in [-0.3, -0.25) is 5.32 Å². The van der Waals surface area contributed by atoms with E-state index in [1.807, 2.05) is 0 Å². The van der Waals surface area contributed by atoms with E-state index in [-0.39, 0.29) is 5.54 Å². The molecule has 0 aromatic heterocycles. The third-order valence-electron chi connectivity index (χ3n) is 4.93. The first-order chi connectivity index (χ1) is 9.29. The lowest BCUT2D eigenvalue weighted by molar-refractivity contribution is 0.147. The van der Waals surface area contributed by atoms with Crippen LogP contribution in [0.2, 0.25) is 0 Å². The fraction of sp³-hybridized carbons (Fsp3) is 0.600. The third-order valence-corrected chi connectivity index (χ3v) is 4.93. The lowest BCUT2D eigenvalue weighted by Crippen LogP contribution is -2.65. The van der Waals surface area contributed by atoms with Crippen LogP contribution >= 0.6 is 0 Å². The third kappa shape index (κ3) is 1.78. The predicted molar refractivity (Wildman–Crippen MR) is 75.0 cm³/mol. The SMILES string of the molecule is CN1CCC2(CC1)C1OC1NCN2c1ccccc1. The number of ether oxygens (including phenoxy) is 1. The van der Waals surface area contributed by atoms with E-state index in [1.54, 1.807) is 0 Å². The van der Waals surface area contributed by atoms with Gasteiger partial charge in [0.25, 0.3) is 0 Å². The highest BCUT2D eigenvalue weighted by Crippen LogP contribution is 2.46. The summed E-state index contributed by atoms with van der Waals surface area (Å²) in [5.41, 5.74) is 1.51. The van der Waals surface area contributed by atoms with Gasteiger partial charge in [0.15, 0.2) is 0 Å². The van der Waals surface area contributed by atoms with E-state index < -0.39 is 0 Å². The van der Waals surface area contributed by atoms with Crippen molar-refractivity contribution in [3.8, 4) is 0 Å². The quantitative estimate of drug-likeness (QED) is 0.769. The summed E-state index contributed by atoms with van der Waals surface area (Å²) in [7, 11) is 2.21. The van der Waals surface area contributed by atoms with E-state index in [0.29, 0.717) is 12.3 Å². The van der Waals surface area contributed by atoms with Crippen LogP contribution < -0.4 is 10.2 Å². The van der Waals surface area contributed by atoms with Gasteiger partial charge in [0.2, 0.25) is 0 Å². The maximum absolute atomic E-state index is 5.89. The number of fused-ring (bicyclic) bond motifs is 2. The van der Waals surface area contributed by atoms with E-state index in [1.165, 1.54) is 18.5 Å². The molecule has 0 bridgehead atoms. The van der Waals surface area contributed by atoms with Crippen LogP contribution in [0.15, 0.2) is 30.3 Å². The number of benzene rings is 1. The summed E-state index contributed by atoms with van der Waals surface area (Å²) in [5.74, 6) is 0. The number of nitrogens with one attached hydrogen (secondary N) is 1. The Balaban J connectivity index is 1.68. The van der Waals surface area contributed by atoms with Crippen LogP contribution in [0.5, 0.6) is 0 Å². The summed E-state index contributed by atoms with van der Waals surface area (Å²) in [5, 5.41) is 3.48. The Morgan fingerprint density at radius 1 is 1.21 bits per heavy atom. The lowest BCUT2D eigenvalue weighted by atomic mass is 9.81. The zero-order valence-corrected chi connectivity index (χ0v) is 11.4. The first-order valence-corrected chi connectivity index (χ1v) is 7.20. The van der Waals surface area contributed by atoms with Crippen molar-refractivity contribution >= 4 is 5.69 Å². The highest BCUT2D eigenvalue weighted by molar-refractivity contribution is 5.51. The topological polar surface area (TPSA) is 31.0 Å². The van der Waals surface area contributed by atoms with Crippen molar-refractivity contribution < 1.29 is 4.74 Å². The van der Waals surface area contributed by atoms with E-state index in [2.05, 4.69) is 52.5 Å². The molecule has 0 amide bonds. The molecule has 4 heteroatoms. The number of hydrogen-bond donors (Lipinski definition) is 1. The first-order valence-electron chi connectivity index (χ1n) is 7.20. The van der Waals surface area contributed by atoms with Gasteiger partial charge < -0.3 is 14.5 Å². The zero-order chi connectivity index (χ0) is 12.9. The van der Waals surface area contributed by atoms with Crippen molar-refractivity contribution in [2.75, 3.05) is 31.7 Å². The number of anilines is 1. The van der Waals surface area contributed by atoms with Crippen LogP contribution in [-0.2, 0) is 4.74 Å². The van der Waals surface area contributed by atoms with Gasteiger partial charge in [0, 0.05) is 18.8 Å². The molecular formula is C15H21N3O. The van der Waals surface area contributed by atoms with Gasteiger partial charge >= 0.3 is 0 Å². The van der Waals surface area contributed by atoms with Crippen molar-refractivity contribution in [2.24, 2.45) is 0 Å². The number of piperidine rings is 1. The zero-order valence-electron chi connectivity index (χ0n) is 11.4. The van der Waals surface area contributed by atoms with Crippen LogP contribution in [-0.4, -0.2) is 49.6 Å². The highest BCUT2D eigenvalue weighted by Gasteiger charge is 2.61. The average molecular weight is 259 g/mol. The van der Waals surface area contributed by atoms with Gasteiger partial charge in [-0.25, -0.2) is 0 Å². The summed E-state index contributed by atoms with van der Waals surface area (Å²) >= 11 is 0. The largest absolute Gasteiger partial charge is 0.351 e. The number of para-hydroxylation sites is 1. The molecule has 1 aromatic rings. The highest BCUT2D eigenvalue weighted by atomic mass is 16.6. The van der Waals surface area contributed by atoms with Gasteiger partial charge in [-0.2, -0.15) is 0 Å². The van der Waals surface area contributed by atoms with E-state index in [0.717, 1.165) is 19.8 Å². The van der Waals surface area contributed by atoms with Crippen molar-refractivity contribution in [1.29, 1.82) is 0 Å². The number of nitrogens with zero attached hydrogens (tertiary/aromatic N) is 2. The van der Waals surface area contributed by atoms with Gasteiger partial charge in [0.1, 0.15) is 12.3 Å². The summed E-state index contributed by atoms with van der Waals surface area (Å²) in [6.45, 7) is 3.22. The number of hydrogen-bond acceptors (Lipinski definition) is 4. The molecule has 0 aliphatic carbocycles. The minimum absolute atomic E-state index is 0.198. The van der Waals surface area contributed by atoms with Crippen LogP contribution in [0, 0.1) is 0 Å². The standard InChI is InChI=1S/C15H21N3O/c1-17-9-7-15(8-10-17)13-14(19-13)16-11-18(15)12-5-3-2-4-6-12/h2-6,13-14,16H,7-11H2,1H3. The van der Waals surface area contributed by atoms with E-state index in [9.17, 15) is 0 Å². The van der Waals surface area contributed by atoms with Crippen LogP contribution in [0.3, 0.4) is 0 Å². The van der Waals surface area contributed by atoms with Crippen LogP contribution in [0.1, 0.15) is 12.8 Å². The Hall–Kier alpha value is -1.10. The van der Waals surface area contributed by atoms with E-state index >= 15 is 0 Å². The van der Waals surface area contributed by atoms with Gasteiger partial charge in [0.05, 0.1) is 12.2 Å². The molecule has 2 atom stereocenters. The maximum Gasteiger partial charge on any atom is 0.139 e. The van der Waals surface area contributed by atoms with Crippen molar-refractivity contribution in [1.82, 2.24) is 10.2 Å². The van der Waals surface area contributed by atoms with Gasteiger partial charge in [-0.15, -0.1) is 0 Å². The van der Waals surface area contributed by atoms with Crippen molar-refractivity contribution in [3.05, 3.63) is 30.3 Å². The lowest BCUT2D eigenvalue weighted by Gasteiger charge is -2.50. The number of epoxide rings is 1. The molecule has 3 aliphatic heterocycles. The fourth-order valence-electron chi connectivity index (χ4n) is 3.68. The normalized spacial score (nSPS) is 33.2. The van der Waals surface area contributed by atoms with Crippen LogP contribution in [0.25, 0.3) is 0 Å². The first kappa shape index (κ1) is 11.7. The Bertz CT molecular complexity index is 456. The Kier molecular flexibility index (Phi) is 2.59. The minimum Gasteiger partial charge on any atom is -0.351 e. The molecule has 3 heterocycles. The molecule has 2 unspecified atom stereocenters. The molecular weight excluding hydrogens is 238 g/mol. The molecule has 4 rings (SSSR count). The number of rotatable bonds is 1. The molecule has 1 aromatic carbocycles. The monoisotopic (exact) mass is 259 g/mol. The predicted octanol–water partition coefficient (Wildman–Crippen LogP) is 1.24. The number of likely N-dealkylation sites (tertiary alicyclic amines) is 1. The van der Waals surface area contributed by atoms with Crippen molar-refractivity contribution in [3.63, 3.8) is 0 Å². The second-order valence-electron chi connectivity index (χ2n) is 6.01. The molecule has 3 aliphatic rings. The molecule has 0 saturated carbocycles. The Morgan fingerprint density at radius 3 is 2.68 bits per heavy atom. The molecule has 3 saturated heterocycles. The summed E-state index contributed by atoms with van der Waals surface area (Å²) < 4.78 is 5.89. The van der Waals surface area contributed by atoms with Crippen LogP contribution in [0.4, 0.5) is 5.69 Å². The molecule has 19 heavy (non-hydrogen) atoms.